The van der Waals surface area contributed by atoms with Crippen molar-refractivity contribution >= 4 is 11.6 Å². The number of methoxy groups -OCH3 is 1. The van der Waals surface area contributed by atoms with Crippen molar-refractivity contribution in [3.63, 3.8) is 0 Å². The van der Waals surface area contributed by atoms with E-state index < -0.39 is 0 Å². The molecule has 0 bridgehead atoms. The lowest BCUT2D eigenvalue weighted by atomic mass is 10.1. The first-order valence-electron chi connectivity index (χ1n) is 10.2. The van der Waals surface area contributed by atoms with Gasteiger partial charge in [0.2, 0.25) is 0 Å². The van der Waals surface area contributed by atoms with Crippen LogP contribution in [0.1, 0.15) is 0 Å². The summed E-state index contributed by atoms with van der Waals surface area (Å²) >= 11 is 0. The second kappa shape index (κ2) is 9.35. The SMILES string of the molecule is COc1ccccc1N1CCN(C(=O)COc2ccc(-c3ccccc3)cc2)CC1. The number of anilines is 1. The van der Waals surface area contributed by atoms with Crippen LogP contribution in [0.15, 0.2) is 78.9 Å². The number of hydrogen-bond acceptors (Lipinski definition) is 4. The Morgan fingerprint density at radius 2 is 1.43 bits per heavy atom. The van der Waals surface area contributed by atoms with E-state index in [9.17, 15) is 4.79 Å². The van der Waals surface area contributed by atoms with Gasteiger partial charge in [-0.2, -0.15) is 0 Å². The molecule has 1 fully saturated rings. The van der Waals surface area contributed by atoms with Gasteiger partial charge >= 0.3 is 0 Å². The molecule has 5 heteroatoms. The minimum absolute atomic E-state index is 0.0156. The maximum Gasteiger partial charge on any atom is 0.260 e. The van der Waals surface area contributed by atoms with Crippen molar-refractivity contribution in [2.24, 2.45) is 0 Å². The van der Waals surface area contributed by atoms with E-state index >= 15 is 0 Å². The van der Waals surface area contributed by atoms with E-state index in [0.717, 1.165) is 35.7 Å². The lowest BCUT2D eigenvalue weighted by Crippen LogP contribution is -2.50. The summed E-state index contributed by atoms with van der Waals surface area (Å²) in [6.07, 6.45) is 0. The van der Waals surface area contributed by atoms with Crippen molar-refractivity contribution in [1.82, 2.24) is 4.90 Å². The Morgan fingerprint density at radius 1 is 0.800 bits per heavy atom. The second-order valence-corrected chi connectivity index (χ2v) is 7.22. The number of ether oxygens (including phenoxy) is 2. The largest absolute Gasteiger partial charge is 0.495 e. The van der Waals surface area contributed by atoms with Crippen LogP contribution in [0, 0.1) is 0 Å². The Kier molecular flexibility index (Phi) is 6.18. The first kappa shape index (κ1) is 19.8. The van der Waals surface area contributed by atoms with Gasteiger partial charge in [-0.15, -0.1) is 0 Å². The summed E-state index contributed by atoms with van der Waals surface area (Å²) in [4.78, 5) is 16.7. The second-order valence-electron chi connectivity index (χ2n) is 7.22. The highest BCUT2D eigenvalue weighted by Gasteiger charge is 2.23. The molecule has 1 amide bonds. The fraction of sp³-hybridized carbons (Fsp3) is 0.240. The molecule has 4 rings (SSSR count). The number of amides is 1. The van der Waals surface area contributed by atoms with Gasteiger partial charge < -0.3 is 19.3 Å². The van der Waals surface area contributed by atoms with Crippen molar-refractivity contribution in [2.75, 3.05) is 44.8 Å². The van der Waals surface area contributed by atoms with Crippen molar-refractivity contribution < 1.29 is 14.3 Å². The monoisotopic (exact) mass is 402 g/mol. The summed E-state index contributed by atoms with van der Waals surface area (Å²) < 4.78 is 11.2. The molecule has 0 aliphatic carbocycles. The average Bonchev–Trinajstić information content (AvgIpc) is 2.83. The van der Waals surface area contributed by atoms with Crippen LogP contribution in [0.4, 0.5) is 5.69 Å². The highest BCUT2D eigenvalue weighted by atomic mass is 16.5. The molecule has 5 nitrogen and oxygen atoms in total. The van der Waals surface area contributed by atoms with E-state index in [2.05, 4.69) is 23.1 Å². The molecule has 1 saturated heterocycles. The number of hydrogen-bond donors (Lipinski definition) is 0. The van der Waals surface area contributed by atoms with Gasteiger partial charge in [0, 0.05) is 26.2 Å². The quantitative estimate of drug-likeness (QED) is 0.623. The molecule has 0 spiro atoms. The van der Waals surface area contributed by atoms with Gasteiger partial charge in [-0.1, -0.05) is 54.6 Å². The Hall–Kier alpha value is -3.47. The molecular weight excluding hydrogens is 376 g/mol. The molecule has 0 radical (unpaired) electrons. The summed E-state index contributed by atoms with van der Waals surface area (Å²) in [5.74, 6) is 1.58. The van der Waals surface area contributed by atoms with E-state index in [4.69, 9.17) is 9.47 Å². The molecule has 0 saturated carbocycles. The van der Waals surface area contributed by atoms with Gasteiger partial charge in [-0.3, -0.25) is 4.79 Å². The lowest BCUT2D eigenvalue weighted by Gasteiger charge is -2.36. The summed E-state index contributed by atoms with van der Waals surface area (Å²) in [6.45, 7) is 2.95. The molecule has 0 N–H and O–H groups in total. The Bertz CT molecular complexity index is 965. The van der Waals surface area contributed by atoms with E-state index in [1.807, 2.05) is 65.6 Å². The van der Waals surface area contributed by atoms with Crippen LogP contribution < -0.4 is 14.4 Å². The zero-order chi connectivity index (χ0) is 20.8. The number of carbonyl (C=O) groups is 1. The predicted octanol–water partition coefficient (Wildman–Crippen LogP) is 4.09. The van der Waals surface area contributed by atoms with Crippen LogP contribution in [-0.4, -0.2) is 50.7 Å². The smallest absolute Gasteiger partial charge is 0.260 e. The van der Waals surface area contributed by atoms with Gasteiger partial charge in [0.05, 0.1) is 12.8 Å². The topological polar surface area (TPSA) is 42.0 Å². The standard InChI is InChI=1S/C25H26N2O3/c1-29-24-10-6-5-9-23(24)26-15-17-27(18-16-26)25(28)19-30-22-13-11-21(12-14-22)20-7-3-2-4-8-20/h2-14H,15-19H2,1H3. The van der Waals surface area contributed by atoms with E-state index in [1.165, 1.54) is 0 Å². The molecule has 0 aromatic heterocycles. The van der Waals surface area contributed by atoms with Crippen molar-refractivity contribution in [1.29, 1.82) is 0 Å². The molecule has 0 atom stereocenters. The van der Waals surface area contributed by atoms with Crippen LogP contribution in [0.3, 0.4) is 0 Å². The average molecular weight is 402 g/mol. The van der Waals surface area contributed by atoms with Crippen molar-refractivity contribution in [3.05, 3.63) is 78.9 Å². The van der Waals surface area contributed by atoms with Gasteiger partial charge in [-0.05, 0) is 35.4 Å². The van der Waals surface area contributed by atoms with Crippen molar-refractivity contribution in [3.8, 4) is 22.6 Å². The number of para-hydroxylation sites is 2. The first-order valence-corrected chi connectivity index (χ1v) is 10.2. The van der Waals surface area contributed by atoms with Crippen LogP contribution in [-0.2, 0) is 4.79 Å². The summed E-state index contributed by atoms with van der Waals surface area (Å²) in [6, 6.07) is 26.0. The highest BCUT2D eigenvalue weighted by molar-refractivity contribution is 5.78. The van der Waals surface area contributed by atoms with Gasteiger partial charge in [-0.25, -0.2) is 0 Å². The van der Waals surface area contributed by atoms with Crippen molar-refractivity contribution in [2.45, 2.75) is 0 Å². The first-order chi connectivity index (χ1) is 14.7. The third-order valence-electron chi connectivity index (χ3n) is 5.38. The Labute approximate surface area is 177 Å². The maximum atomic E-state index is 12.6. The minimum Gasteiger partial charge on any atom is -0.495 e. The number of piperazine rings is 1. The van der Waals surface area contributed by atoms with Gasteiger partial charge in [0.15, 0.2) is 6.61 Å². The van der Waals surface area contributed by atoms with E-state index in [1.54, 1.807) is 7.11 Å². The molecule has 3 aromatic rings. The Morgan fingerprint density at radius 3 is 2.13 bits per heavy atom. The van der Waals surface area contributed by atoms with E-state index in [0.29, 0.717) is 18.8 Å². The summed E-state index contributed by atoms with van der Waals surface area (Å²) in [5, 5.41) is 0. The summed E-state index contributed by atoms with van der Waals surface area (Å²) in [5.41, 5.74) is 3.36. The molecule has 0 unspecified atom stereocenters. The number of rotatable bonds is 6. The third-order valence-corrected chi connectivity index (χ3v) is 5.38. The van der Waals surface area contributed by atoms with Gasteiger partial charge in [0.25, 0.3) is 5.91 Å². The molecule has 30 heavy (non-hydrogen) atoms. The third kappa shape index (κ3) is 4.57. The normalized spacial score (nSPS) is 13.8. The van der Waals surface area contributed by atoms with Crippen LogP contribution in [0.5, 0.6) is 11.5 Å². The molecule has 1 aliphatic heterocycles. The predicted molar refractivity (Wildman–Crippen MR) is 119 cm³/mol. The maximum absolute atomic E-state index is 12.6. The van der Waals surface area contributed by atoms with Gasteiger partial charge in [0.1, 0.15) is 11.5 Å². The number of nitrogens with zero attached hydrogens (tertiary/aromatic N) is 2. The molecule has 1 aliphatic rings. The Balaban J connectivity index is 1.28. The number of benzene rings is 3. The highest BCUT2D eigenvalue weighted by Crippen LogP contribution is 2.28. The zero-order valence-electron chi connectivity index (χ0n) is 17.2. The van der Waals surface area contributed by atoms with Crippen LogP contribution >= 0.6 is 0 Å². The zero-order valence-corrected chi connectivity index (χ0v) is 17.2. The summed E-state index contributed by atoms with van der Waals surface area (Å²) in [7, 11) is 1.68. The van der Waals surface area contributed by atoms with Crippen LogP contribution in [0.25, 0.3) is 11.1 Å². The fourth-order valence-electron chi connectivity index (χ4n) is 3.70. The molecule has 1 heterocycles. The number of carbonyl (C=O) groups excluding carboxylic acids is 1. The molecule has 154 valence electrons. The minimum atomic E-state index is 0.0156. The van der Waals surface area contributed by atoms with Crippen LogP contribution in [0.2, 0.25) is 0 Å². The van der Waals surface area contributed by atoms with E-state index in [-0.39, 0.29) is 12.5 Å². The molecular formula is C25H26N2O3. The molecule has 3 aromatic carbocycles. The fourth-order valence-corrected chi connectivity index (χ4v) is 3.70. The lowest BCUT2D eigenvalue weighted by molar-refractivity contribution is -0.133.